The lowest BCUT2D eigenvalue weighted by atomic mass is 10.1. The summed E-state index contributed by atoms with van der Waals surface area (Å²) < 4.78 is 24.9. The average molecular weight is 395 g/mol. The number of nitrogens with zero attached hydrogens (tertiary/aromatic N) is 3. The zero-order valence-electron chi connectivity index (χ0n) is 14.8. The molecule has 7 nitrogen and oxygen atoms in total. The second-order valence-corrected chi connectivity index (χ2v) is 10.0. The van der Waals surface area contributed by atoms with E-state index in [9.17, 15) is 13.2 Å². The molecule has 9 heteroatoms. The number of thioether (sulfide) groups is 1. The van der Waals surface area contributed by atoms with Crippen LogP contribution in [0.3, 0.4) is 0 Å². The van der Waals surface area contributed by atoms with Crippen molar-refractivity contribution in [3.8, 4) is 0 Å². The highest BCUT2D eigenvalue weighted by Crippen LogP contribution is 2.23. The smallest absolute Gasteiger partial charge is 0.233 e. The van der Waals surface area contributed by atoms with Crippen LogP contribution in [0.2, 0.25) is 0 Å². The molecule has 140 valence electrons. The van der Waals surface area contributed by atoms with E-state index in [-0.39, 0.29) is 28.7 Å². The number of aromatic nitrogens is 3. The van der Waals surface area contributed by atoms with E-state index in [1.165, 1.54) is 11.8 Å². The molecule has 1 aliphatic heterocycles. The second-order valence-electron chi connectivity index (χ2n) is 6.49. The number of carbonyl (C=O) groups is 1. The lowest BCUT2D eigenvalue weighted by Crippen LogP contribution is -2.40. The fraction of sp³-hybridized carbons (Fsp3) is 0.471. The molecular weight excluding hydrogens is 372 g/mol. The van der Waals surface area contributed by atoms with E-state index in [4.69, 9.17) is 0 Å². The Hall–Kier alpha value is -1.87. The van der Waals surface area contributed by atoms with Crippen LogP contribution in [0.5, 0.6) is 0 Å². The molecule has 0 unspecified atom stereocenters. The maximum atomic E-state index is 12.3. The molecule has 26 heavy (non-hydrogen) atoms. The Balaban J connectivity index is 1.59. The molecule has 1 aromatic carbocycles. The molecule has 1 aromatic heterocycles. The first-order valence-electron chi connectivity index (χ1n) is 8.44. The molecular formula is C17H22N4O3S2. The standard InChI is InChI=1S/C17H22N4O3S2/c1-12(16(22)18-14-8-9-26(23,24)11-14)25-17-20-19-15(21(17)2)10-13-6-4-3-5-7-13/h3-7,12,14H,8-11H2,1-2H3,(H,18,22)/t12-,14-/m1/s1. The molecule has 0 bridgehead atoms. The van der Waals surface area contributed by atoms with Crippen molar-refractivity contribution in [2.45, 2.75) is 36.2 Å². The number of sulfone groups is 1. The average Bonchev–Trinajstić information content (AvgIpc) is 3.11. The lowest BCUT2D eigenvalue weighted by molar-refractivity contribution is -0.120. The van der Waals surface area contributed by atoms with E-state index in [2.05, 4.69) is 15.5 Å². The third-order valence-corrected chi connectivity index (χ3v) is 7.26. The Morgan fingerprint density at radius 2 is 2.08 bits per heavy atom. The number of hydrogen-bond acceptors (Lipinski definition) is 6. The monoisotopic (exact) mass is 394 g/mol. The van der Waals surface area contributed by atoms with E-state index in [0.717, 1.165) is 11.4 Å². The van der Waals surface area contributed by atoms with Gasteiger partial charge in [-0.1, -0.05) is 42.1 Å². The van der Waals surface area contributed by atoms with Crippen molar-refractivity contribution >= 4 is 27.5 Å². The van der Waals surface area contributed by atoms with Gasteiger partial charge in [0.2, 0.25) is 5.91 Å². The lowest BCUT2D eigenvalue weighted by Gasteiger charge is -2.15. The molecule has 1 fully saturated rings. The highest BCUT2D eigenvalue weighted by Gasteiger charge is 2.30. The zero-order valence-corrected chi connectivity index (χ0v) is 16.4. The Labute approximate surface area is 157 Å². The number of amides is 1. The maximum Gasteiger partial charge on any atom is 0.233 e. The summed E-state index contributed by atoms with van der Waals surface area (Å²) in [6.07, 6.45) is 1.15. The van der Waals surface area contributed by atoms with Crippen LogP contribution in [0, 0.1) is 0 Å². The van der Waals surface area contributed by atoms with Gasteiger partial charge in [-0.05, 0) is 18.9 Å². The van der Waals surface area contributed by atoms with Crippen molar-refractivity contribution in [2.75, 3.05) is 11.5 Å². The van der Waals surface area contributed by atoms with Crippen molar-refractivity contribution < 1.29 is 13.2 Å². The zero-order chi connectivity index (χ0) is 18.7. The first-order valence-corrected chi connectivity index (χ1v) is 11.1. The van der Waals surface area contributed by atoms with Gasteiger partial charge in [0.05, 0.1) is 16.8 Å². The topological polar surface area (TPSA) is 93.9 Å². The predicted molar refractivity (Wildman–Crippen MR) is 101 cm³/mol. The largest absolute Gasteiger partial charge is 0.351 e. The molecule has 2 heterocycles. The Morgan fingerprint density at radius 3 is 2.73 bits per heavy atom. The van der Waals surface area contributed by atoms with E-state index in [1.54, 1.807) is 6.92 Å². The van der Waals surface area contributed by atoms with Crippen LogP contribution in [0.25, 0.3) is 0 Å². The van der Waals surface area contributed by atoms with E-state index >= 15 is 0 Å². The molecule has 0 aliphatic carbocycles. The SMILES string of the molecule is C[C@@H](Sc1nnc(Cc2ccccc2)n1C)C(=O)N[C@@H]1CCS(=O)(=O)C1. The predicted octanol–water partition coefficient (Wildman–Crippen LogP) is 1.19. The van der Waals surface area contributed by atoms with Crippen molar-refractivity contribution in [1.82, 2.24) is 20.1 Å². The van der Waals surface area contributed by atoms with Crippen LogP contribution in [0.4, 0.5) is 0 Å². The summed E-state index contributed by atoms with van der Waals surface area (Å²) in [4.78, 5) is 12.3. The van der Waals surface area contributed by atoms with E-state index < -0.39 is 9.84 Å². The molecule has 1 amide bonds. The quantitative estimate of drug-likeness (QED) is 0.740. The fourth-order valence-corrected chi connectivity index (χ4v) is 5.34. The van der Waals surface area contributed by atoms with Crippen LogP contribution in [0.1, 0.15) is 24.7 Å². The van der Waals surface area contributed by atoms with Crippen LogP contribution in [-0.4, -0.2) is 51.9 Å². The van der Waals surface area contributed by atoms with E-state index in [1.807, 2.05) is 41.9 Å². The van der Waals surface area contributed by atoms with Crippen molar-refractivity contribution in [1.29, 1.82) is 0 Å². The fourth-order valence-electron chi connectivity index (χ4n) is 2.82. The molecule has 0 saturated carbocycles. The molecule has 1 saturated heterocycles. The van der Waals surface area contributed by atoms with Crippen LogP contribution in [0.15, 0.2) is 35.5 Å². The van der Waals surface area contributed by atoms with Gasteiger partial charge in [-0.25, -0.2) is 8.42 Å². The van der Waals surface area contributed by atoms with Gasteiger partial charge in [0, 0.05) is 19.5 Å². The van der Waals surface area contributed by atoms with Crippen molar-refractivity contribution in [3.63, 3.8) is 0 Å². The van der Waals surface area contributed by atoms with Crippen LogP contribution in [-0.2, 0) is 28.1 Å². The first-order chi connectivity index (χ1) is 12.3. The van der Waals surface area contributed by atoms with Crippen molar-refractivity contribution in [2.24, 2.45) is 7.05 Å². The van der Waals surface area contributed by atoms with Gasteiger partial charge < -0.3 is 9.88 Å². The van der Waals surface area contributed by atoms with Gasteiger partial charge in [-0.2, -0.15) is 0 Å². The number of hydrogen-bond donors (Lipinski definition) is 1. The maximum absolute atomic E-state index is 12.3. The van der Waals surface area contributed by atoms with Crippen LogP contribution < -0.4 is 5.32 Å². The molecule has 3 rings (SSSR count). The van der Waals surface area contributed by atoms with Gasteiger partial charge >= 0.3 is 0 Å². The molecule has 2 aromatic rings. The van der Waals surface area contributed by atoms with Gasteiger partial charge in [0.15, 0.2) is 15.0 Å². The number of rotatable bonds is 6. The number of benzene rings is 1. The summed E-state index contributed by atoms with van der Waals surface area (Å²) in [6.45, 7) is 1.79. The molecule has 0 spiro atoms. The van der Waals surface area contributed by atoms with Gasteiger partial charge in [-0.3, -0.25) is 4.79 Å². The highest BCUT2D eigenvalue weighted by atomic mass is 32.2. The third kappa shape index (κ3) is 4.64. The summed E-state index contributed by atoms with van der Waals surface area (Å²) in [5.74, 6) is 0.824. The summed E-state index contributed by atoms with van der Waals surface area (Å²) in [6, 6.07) is 9.72. The molecule has 0 radical (unpaired) electrons. The second kappa shape index (κ2) is 7.79. The normalized spacial score (nSPS) is 20.0. The van der Waals surface area contributed by atoms with Crippen LogP contribution >= 0.6 is 11.8 Å². The molecule has 2 atom stereocenters. The van der Waals surface area contributed by atoms with E-state index in [0.29, 0.717) is 18.0 Å². The summed E-state index contributed by atoms with van der Waals surface area (Å²) >= 11 is 1.32. The third-order valence-electron chi connectivity index (χ3n) is 4.36. The van der Waals surface area contributed by atoms with Gasteiger partial charge in [0.25, 0.3) is 0 Å². The number of carbonyl (C=O) groups excluding carboxylic acids is 1. The Bertz CT molecular complexity index is 881. The minimum absolute atomic E-state index is 0.0291. The van der Waals surface area contributed by atoms with Gasteiger partial charge in [0.1, 0.15) is 5.82 Å². The minimum Gasteiger partial charge on any atom is -0.351 e. The highest BCUT2D eigenvalue weighted by molar-refractivity contribution is 8.00. The van der Waals surface area contributed by atoms with Crippen molar-refractivity contribution in [3.05, 3.63) is 41.7 Å². The molecule has 1 aliphatic rings. The minimum atomic E-state index is -3.01. The Kier molecular flexibility index (Phi) is 5.67. The first kappa shape index (κ1) is 18.9. The summed E-state index contributed by atoms with van der Waals surface area (Å²) in [7, 11) is -1.12. The summed E-state index contributed by atoms with van der Waals surface area (Å²) in [5, 5.41) is 11.5. The number of nitrogens with one attached hydrogen (secondary N) is 1. The summed E-state index contributed by atoms with van der Waals surface area (Å²) in [5.41, 5.74) is 1.15. The molecule has 1 N–H and O–H groups in total. The Morgan fingerprint density at radius 1 is 1.35 bits per heavy atom. The van der Waals surface area contributed by atoms with Gasteiger partial charge in [-0.15, -0.1) is 10.2 Å².